The molecule has 0 aliphatic carbocycles. The second-order valence-corrected chi connectivity index (χ2v) is 4.50. The fourth-order valence-electron chi connectivity index (χ4n) is 2.70. The Balaban J connectivity index is 2.41. The Morgan fingerprint density at radius 3 is 2.83 bits per heavy atom. The van der Waals surface area contributed by atoms with Gasteiger partial charge in [0.1, 0.15) is 6.33 Å². The van der Waals surface area contributed by atoms with Crippen LogP contribution in [0, 0.1) is 0 Å². The third kappa shape index (κ3) is 1.08. The predicted molar refractivity (Wildman–Crippen MR) is 73.5 cm³/mol. The van der Waals surface area contributed by atoms with Gasteiger partial charge in [0.05, 0.1) is 11.0 Å². The van der Waals surface area contributed by atoms with Gasteiger partial charge in [0.15, 0.2) is 0 Å². The van der Waals surface area contributed by atoms with E-state index >= 15 is 0 Å². The molecule has 2 heterocycles. The van der Waals surface area contributed by atoms with Crippen LogP contribution in [0.4, 0.5) is 0 Å². The van der Waals surface area contributed by atoms with Gasteiger partial charge in [-0.1, -0.05) is 18.2 Å². The predicted octanol–water partition coefficient (Wildman–Crippen LogP) is 3.27. The van der Waals surface area contributed by atoms with E-state index in [0.29, 0.717) is 0 Å². The lowest BCUT2D eigenvalue weighted by Crippen LogP contribution is -1.86. The minimum Gasteiger partial charge on any atom is -0.344 e. The van der Waals surface area contributed by atoms with E-state index in [1.807, 2.05) is 6.20 Å². The van der Waals surface area contributed by atoms with Gasteiger partial charge in [0, 0.05) is 34.9 Å². The van der Waals surface area contributed by atoms with E-state index in [2.05, 4.69) is 58.0 Å². The smallest absolute Gasteiger partial charge is 0.116 e. The number of nitrogens with zero attached hydrogens (tertiary/aromatic N) is 3. The molecule has 0 amide bonds. The molecule has 3 nitrogen and oxygen atoms in total. The van der Waals surface area contributed by atoms with Crippen molar-refractivity contribution >= 4 is 32.7 Å². The van der Waals surface area contributed by atoms with Crippen LogP contribution in [0.15, 0.2) is 48.9 Å². The van der Waals surface area contributed by atoms with Crippen molar-refractivity contribution < 1.29 is 0 Å². The third-order valence-corrected chi connectivity index (χ3v) is 3.55. The van der Waals surface area contributed by atoms with Gasteiger partial charge in [-0.05, 0) is 18.2 Å². The van der Waals surface area contributed by atoms with Crippen LogP contribution < -0.4 is 0 Å². The van der Waals surface area contributed by atoms with Crippen LogP contribution in [-0.2, 0) is 7.05 Å². The highest BCUT2D eigenvalue weighted by Gasteiger charge is 2.11. The summed E-state index contributed by atoms with van der Waals surface area (Å²) in [6, 6.07) is 12.7. The Morgan fingerprint density at radius 1 is 1.00 bits per heavy atom. The summed E-state index contributed by atoms with van der Waals surface area (Å²) in [5.41, 5.74) is 3.47. The minimum absolute atomic E-state index is 1.03. The van der Waals surface area contributed by atoms with E-state index in [1.165, 1.54) is 21.8 Å². The summed E-state index contributed by atoms with van der Waals surface area (Å²) in [6.45, 7) is 0. The maximum atomic E-state index is 4.45. The fourth-order valence-corrected chi connectivity index (χ4v) is 2.70. The second kappa shape index (κ2) is 3.29. The van der Waals surface area contributed by atoms with E-state index in [4.69, 9.17) is 0 Å². The zero-order chi connectivity index (χ0) is 12.1. The SMILES string of the molecule is Cn1c2ccccc2c2c3ncncc3ccc21. The number of benzene rings is 2. The molecule has 4 rings (SSSR count). The number of para-hydroxylation sites is 1. The van der Waals surface area contributed by atoms with Gasteiger partial charge in [-0.2, -0.15) is 0 Å². The van der Waals surface area contributed by atoms with Crippen molar-refractivity contribution in [3.05, 3.63) is 48.9 Å². The van der Waals surface area contributed by atoms with Crippen molar-refractivity contribution in [2.24, 2.45) is 7.05 Å². The highest BCUT2D eigenvalue weighted by molar-refractivity contribution is 6.19. The van der Waals surface area contributed by atoms with Crippen LogP contribution in [0.5, 0.6) is 0 Å². The van der Waals surface area contributed by atoms with Gasteiger partial charge < -0.3 is 4.57 Å². The summed E-state index contributed by atoms with van der Waals surface area (Å²) in [6.07, 6.45) is 3.48. The van der Waals surface area contributed by atoms with E-state index in [1.54, 1.807) is 6.33 Å². The molecule has 2 aromatic heterocycles. The number of aryl methyl sites for hydroxylation is 1. The number of aromatic nitrogens is 3. The van der Waals surface area contributed by atoms with Crippen molar-refractivity contribution in [3.8, 4) is 0 Å². The second-order valence-electron chi connectivity index (χ2n) is 4.50. The number of hydrogen-bond acceptors (Lipinski definition) is 2. The molecule has 86 valence electrons. The van der Waals surface area contributed by atoms with Crippen LogP contribution >= 0.6 is 0 Å². The van der Waals surface area contributed by atoms with Gasteiger partial charge in [-0.3, -0.25) is 0 Å². The first kappa shape index (κ1) is 9.59. The molecule has 0 fully saturated rings. The Labute approximate surface area is 104 Å². The van der Waals surface area contributed by atoms with Crippen LogP contribution in [0.2, 0.25) is 0 Å². The average Bonchev–Trinajstić information content (AvgIpc) is 2.73. The van der Waals surface area contributed by atoms with Crippen molar-refractivity contribution in [2.75, 3.05) is 0 Å². The molecule has 0 N–H and O–H groups in total. The first-order chi connectivity index (χ1) is 8.86. The molecular weight excluding hydrogens is 222 g/mol. The van der Waals surface area contributed by atoms with Crippen LogP contribution in [-0.4, -0.2) is 14.5 Å². The number of fused-ring (bicyclic) bond motifs is 5. The first-order valence-electron chi connectivity index (χ1n) is 5.92. The summed E-state index contributed by atoms with van der Waals surface area (Å²) in [5.74, 6) is 0. The Kier molecular flexibility index (Phi) is 1.75. The normalized spacial score (nSPS) is 11.6. The van der Waals surface area contributed by atoms with Gasteiger partial charge >= 0.3 is 0 Å². The zero-order valence-electron chi connectivity index (χ0n) is 9.96. The topological polar surface area (TPSA) is 30.7 Å². The van der Waals surface area contributed by atoms with Crippen LogP contribution in [0.25, 0.3) is 32.7 Å². The van der Waals surface area contributed by atoms with E-state index in [9.17, 15) is 0 Å². The molecule has 0 radical (unpaired) electrons. The molecule has 0 atom stereocenters. The summed E-state index contributed by atoms with van der Waals surface area (Å²) >= 11 is 0. The van der Waals surface area contributed by atoms with E-state index in [0.717, 1.165) is 10.9 Å². The molecule has 3 heteroatoms. The highest BCUT2D eigenvalue weighted by atomic mass is 14.9. The molecule has 18 heavy (non-hydrogen) atoms. The van der Waals surface area contributed by atoms with Crippen molar-refractivity contribution in [1.82, 2.24) is 14.5 Å². The molecule has 0 saturated heterocycles. The molecular formula is C15H11N3. The molecule has 4 aromatic rings. The van der Waals surface area contributed by atoms with E-state index in [-0.39, 0.29) is 0 Å². The Hall–Kier alpha value is -2.42. The summed E-state index contributed by atoms with van der Waals surface area (Å²) in [7, 11) is 2.09. The summed E-state index contributed by atoms with van der Waals surface area (Å²) in [4.78, 5) is 8.54. The van der Waals surface area contributed by atoms with Crippen molar-refractivity contribution in [2.45, 2.75) is 0 Å². The van der Waals surface area contributed by atoms with Gasteiger partial charge in [0.25, 0.3) is 0 Å². The number of rotatable bonds is 0. The molecule has 0 aliphatic heterocycles. The van der Waals surface area contributed by atoms with Crippen molar-refractivity contribution in [1.29, 1.82) is 0 Å². The molecule has 0 unspecified atom stereocenters. The third-order valence-electron chi connectivity index (χ3n) is 3.55. The van der Waals surface area contributed by atoms with E-state index < -0.39 is 0 Å². The van der Waals surface area contributed by atoms with Gasteiger partial charge in [-0.15, -0.1) is 0 Å². The largest absolute Gasteiger partial charge is 0.344 e. The van der Waals surface area contributed by atoms with Gasteiger partial charge in [0.2, 0.25) is 0 Å². The summed E-state index contributed by atoms with van der Waals surface area (Å²) < 4.78 is 2.21. The standard InChI is InChI=1S/C15H11N3/c1-18-12-5-3-2-4-11(12)14-13(18)7-6-10-8-16-9-17-15(10)14/h2-9H,1H3. The highest BCUT2D eigenvalue weighted by Crippen LogP contribution is 2.32. The van der Waals surface area contributed by atoms with Crippen LogP contribution in [0.1, 0.15) is 0 Å². The van der Waals surface area contributed by atoms with Crippen LogP contribution in [0.3, 0.4) is 0 Å². The fraction of sp³-hybridized carbons (Fsp3) is 0.0667. The molecule has 0 bridgehead atoms. The summed E-state index contributed by atoms with van der Waals surface area (Å²) in [5, 5.41) is 3.55. The zero-order valence-corrected chi connectivity index (χ0v) is 9.96. The average molecular weight is 233 g/mol. The molecule has 0 saturated carbocycles. The quantitative estimate of drug-likeness (QED) is 0.466. The molecule has 0 spiro atoms. The number of hydrogen-bond donors (Lipinski definition) is 0. The molecule has 2 aromatic carbocycles. The molecule has 0 aliphatic rings. The maximum Gasteiger partial charge on any atom is 0.116 e. The van der Waals surface area contributed by atoms with Gasteiger partial charge in [-0.25, -0.2) is 9.97 Å². The Bertz CT molecular complexity index is 890. The lowest BCUT2D eigenvalue weighted by Gasteiger charge is -1.99. The monoisotopic (exact) mass is 233 g/mol. The van der Waals surface area contributed by atoms with Crippen molar-refractivity contribution in [3.63, 3.8) is 0 Å². The minimum atomic E-state index is 1.03. The first-order valence-corrected chi connectivity index (χ1v) is 5.92. The Morgan fingerprint density at radius 2 is 1.89 bits per heavy atom. The lowest BCUT2D eigenvalue weighted by atomic mass is 10.1. The maximum absolute atomic E-state index is 4.45. The lowest BCUT2D eigenvalue weighted by molar-refractivity contribution is 1.01.